The molecule has 0 N–H and O–H groups in total. The minimum absolute atomic E-state index is 0.525. The number of benzene rings is 1. The Morgan fingerprint density at radius 2 is 1.63 bits per heavy atom. The summed E-state index contributed by atoms with van der Waals surface area (Å²) in [6.45, 7) is 4.70. The molecule has 3 nitrogen and oxygen atoms in total. The van der Waals surface area contributed by atoms with Gasteiger partial charge in [0, 0.05) is 12.2 Å². The van der Waals surface area contributed by atoms with Crippen LogP contribution in [0.4, 0.5) is 10.5 Å². The van der Waals surface area contributed by atoms with Gasteiger partial charge in [-0.15, -0.1) is 0 Å². The van der Waals surface area contributed by atoms with Gasteiger partial charge in [-0.25, -0.2) is 0 Å². The molecule has 0 aliphatic rings. The molecule has 19 heavy (non-hydrogen) atoms. The molecule has 0 aliphatic heterocycles. The third-order valence-corrected chi connectivity index (χ3v) is 3.30. The normalized spacial score (nSPS) is 10.4. The van der Waals surface area contributed by atoms with E-state index in [1.165, 1.54) is 30.6 Å². The first kappa shape index (κ1) is 15.5. The van der Waals surface area contributed by atoms with E-state index >= 15 is 0 Å². The molecule has 0 saturated carbocycles. The minimum Gasteiger partial charge on any atom is -0.530 e. The van der Waals surface area contributed by atoms with Crippen LogP contribution in [0.3, 0.4) is 0 Å². The molecule has 3 heteroatoms. The van der Waals surface area contributed by atoms with E-state index in [0.29, 0.717) is 12.2 Å². The maximum absolute atomic E-state index is 11.2. The Kier molecular flexibility index (Phi) is 7.01. The summed E-state index contributed by atoms with van der Waals surface area (Å²) in [5, 5.41) is 11.2. The molecule has 0 aromatic heterocycles. The molecule has 1 rings (SSSR count). The van der Waals surface area contributed by atoms with E-state index < -0.39 is 6.09 Å². The standard InChI is InChI=1S/C16H25NO2/c1-3-4-5-6-7-8-13-17(16(18)19)15-11-9-14(2)10-12-15/h9-12H,3-8,13H2,1-2H3,(H,18,19)/p-1. The van der Waals surface area contributed by atoms with E-state index in [2.05, 4.69) is 6.92 Å². The Hall–Kier alpha value is -1.51. The smallest absolute Gasteiger partial charge is 0.141 e. The van der Waals surface area contributed by atoms with Gasteiger partial charge >= 0.3 is 0 Å². The van der Waals surface area contributed by atoms with Crippen LogP contribution in [0.15, 0.2) is 24.3 Å². The molecule has 0 unspecified atom stereocenters. The maximum Gasteiger partial charge on any atom is 0.141 e. The number of carbonyl (C=O) groups is 1. The molecule has 1 aromatic carbocycles. The number of unbranched alkanes of at least 4 members (excludes halogenated alkanes) is 5. The number of nitrogens with zero attached hydrogens (tertiary/aromatic N) is 1. The molecule has 0 atom stereocenters. The third-order valence-electron chi connectivity index (χ3n) is 3.30. The Morgan fingerprint density at radius 1 is 1.05 bits per heavy atom. The lowest BCUT2D eigenvalue weighted by Gasteiger charge is -2.25. The number of anilines is 1. The van der Waals surface area contributed by atoms with Crippen molar-refractivity contribution >= 4 is 11.8 Å². The highest BCUT2D eigenvalue weighted by Crippen LogP contribution is 2.16. The van der Waals surface area contributed by atoms with E-state index in [4.69, 9.17) is 0 Å². The van der Waals surface area contributed by atoms with Crippen molar-refractivity contribution < 1.29 is 9.90 Å². The van der Waals surface area contributed by atoms with Gasteiger partial charge in [0.1, 0.15) is 6.09 Å². The summed E-state index contributed by atoms with van der Waals surface area (Å²) in [5.41, 5.74) is 1.83. The lowest BCUT2D eigenvalue weighted by Crippen LogP contribution is -2.41. The first-order valence-electron chi connectivity index (χ1n) is 7.20. The molecule has 0 aliphatic carbocycles. The Labute approximate surface area is 116 Å². The number of carbonyl (C=O) groups excluding carboxylic acids is 1. The Balaban J connectivity index is 2.41. The van der Waals surface area contributed by atoms with Gasteiger partial charge in [0.25, 0.3) is 0 Å². The zero-order chi connectivity index (χ0) is 14.1. The number of hydrogen-bond donors (Lipinski definition) is 0. The number of hydrogen-bond acceptors (Lipinski definition) is 2. The molecule has 0 spiro atoms. The molecule has 0 radical (unpaired) electrons. The summed E-state index contributed by atoms with van der Waals surface area (Å²) in [6.07, 6.45) is 5.78. The van der Waals surface area contributed by atoms with Crippen LogP contribution in [0.2, 0.25) is 0 Å². The Morgan fingerprint density at radius 3 is 2.21 bits per heavy atom. The molecule has 1 amide bonds. The first-order valence-corrected chi connectivity index (χ1v) is 7.20. The molecular formula is C16H24NO2-. The average molecular weight is 262 g/mol. The molecule has 1 aromatic rings. The quantitative estimate of drug-likeness (QED) is 0.673. The molecule has 0 heterocycles. The second kappa shape index (κ2) is 8.57. The highest BCUT2D eigenvalue weighted by molar-refractivity contribution is 5.84. The highest BCUT2D eigenvalue weighted by atomic mass is 16.4. The van der Waals surface area contributed by atoms with Gasteiger partial charge in [0.15, 0.2) is 0 Å². The van der Waals surface area contributed by atoms with Gasteiger partial charge in [-0.3, -0.25) is 0 Å². The van der Waals surface area contributed by atoms with Gasteiger partial charge in [-0.1, -0.05) is 56.7 Å². The number of carboxylic acid groups (broad SMARTS) is 1. The Bertz CT molecular complexity index is 373. The molecule has 0 bridgehead atoms. The third kappa shape index (κ3) is 5.77. The summed E-state index contributed by atoms with van der Waals surface area (Å²) < 4.78 is 0. The fourth-order valence-corrected chi connectivity index (χ4v) is 2.10. The van der Waals surface area contributed by atoms with Crippen LogP contribution < -0.4 is 10.0 Å². The van der Waals surface area contributed by atoms with Gasteiger partial charge in [-0.05, 0) is 25.5 Å². The molecule has 0 saturated heterocycles. The van der Waals surface area contributed by atoms with E-state index in [0.717, 1.165) is 18.4 Å². The largest absolute Gasteiger partial charge is 0.530 e. The van der Waals surface area contributed by atoms with Crippen LogP contribution in [0.5, 0.6) is 0 Å². The minimum atomic E-state index is -1.11. The summed E-state index contributed by atoms with van der Waals surface area (Å²) >= 11 is 0. The van der Waals surface area contributed by atoms with Gasteiger partial charge in [0.2, 0.25) is 0 Å². The van der Waals surface area contributed by atoms with Crippen LogP contribution in [0.25, 0.3) is 0 Å². The lowest BCUT2D eigenvalue weighted by molar-refractivity contribution is -0.246. The van der Waals surface area contributed by atoms with E-state index in [-0.39, 0.29) is 0 Å². The summed E-state index contributed by atoms with van der Waals surface area (Å²) in [6, 6.07) is 7.52. The number of rotatable bonds is 8. The fourth-order valence-electron chi connectivity index (χ4n) is 2.10. The predicted molar refractivity (Wildman–Crippen MR) is 77.3 cm³/mol. The fraction of sp³-hybridized carbons (Fsp3) is 0.562. The second-order valence-electron chi connectivity index (χ2n) is 5.02. The van der Waals surface area contributed by atoms with Crippen molar-refractivity contribution in [3.63, 3.8) is 0 Å². The number of amides is 1. The van der Waals surface area contributed by atoms with Gasteiger partial charge < -0.3 is 14.8 Å². The molecule has 106 valence electrons. The van der Waals surface area contributed by atoms with Crippen LogP contribution in [0.1, 0.15) is 51.0 Å². The monoisotopic (exact) mass is 262 g/mol. The van der Waals surface area contributed by atoms with Crippen LogP contribution in [-0.4, -0.2) is 12.6 Å². The highest BCUT2D eigenvalue weighted by Gasteiger charge is 2.06. The zero-order valence-corrected chi connectivity index (χ0v) is 12.0. The van der Waals surface area contributed by atoms with Crippen LogP contribution >= 0.6 is 0 Å². The van der Waals surface area contributed by atoms with Crippen molar-refractivity contribution in [3.05, 3.63) is 29.8 Å². The van der Waals surface area contributed by atoms with Crippen molar-refractivity contribution in [3.8, 4) is 0 Å². The number of aryl methyl sites for hydroxylation is 1. The average Bonchev–Trinajstić information content (AvgIpc) is 2.39. The van der Waals surface area contributed by atoms with Crippen molar-refractivity contribution in [1.29, 1.82) is 0 Å². The SMILES string of the molecule is CCCCCCCCN(C(=O)[O-])c1ccc(C)cc1. The van der Waals surface area contributed by atoms with Crippen molar-refractivity contribution in [2.45, 2.75) is 52.4 Å². The van der Waals surface area contributed by atoms with Crippen molar-refractivity contribution in [2.75, 3.05) is 11.4 Å². The van der Waals surface area contributed by atoms with E-state index in [1.807, 2.05) is 31.2 Å². The topological polar surface area (TPSA) is 43.4 Å². The van der Waals surface area contributed by atoms with E-state index in [9.17, 15) is 9.90 Å². The van der Waals surface area contributed by atoms with Crippen LogP contribution in [0, 0.1) is 6.92 Å². The second-order valence-corrected chi connectivity index (χ2v) is 5.02. The van der Waals surface area contributed by atoms with Gasteiger partial charge in [-0.2, -0.15) is 0 Å². The van der Waals surface area contributed by atoms with E-state index in [1.54, 1.807) is 0 Å². The summed E-state index contributed by atoms with van der Waals surface area (Å²) in [5.74, 6) is 0. The maximum atomic E-state index is 11.2. The zero-order valence-electron chi connectivity index (χ0n) is 12.0. The molecular weight excluding hydrogens is 238 g/mol. The summed E-state index contributed by atoms with van der Waals surface area (Å²) in [4.78, 5) is 12.5. The van der Waals surface area contributed by atoms with Crippen molar-refractivity contribution in [1.82, 2.24) is 0 Å². The summed E-state index contributed by atoms with van der Waals surface area (Å²) in [7, 11) is 0. The van der Waals surface area contributed by atoms with Crippen molar-refractivity contribution in [2.24, 2.45) is 0 Å². The molecule has 0 fully saturated rings. The first-order chi connectivity index (χ1) is 9.15. The predicted octanol–water partition coefficient (Wildman–Crippen LogP) is 3.51. The van der Waals surface area contributed by atoms with Crippen LogP contribution in [-0.2, 0) is 0 Å². The van der Waals surface area contributed by atoms with Gasteiger partial charge in [0.05, 0.1) is 0 Å². The lowest BCUT2D eigenvalue weighted by atomic mass is 10.1.